The van der Waals surface area contributed by atoms with Crippen LogP contribution < -0.4 is 5.73 Å². The highest BCUT2D eigenvalue weighted by molar-refractivity contribution is 4.81. The molecule has 0 spiro atoms. The van der Waals surface area contributed by atoms with Crippen molar-refractivity contribution in [2.45, 2.75) is 174 Å². The number of rotatable bonds is 31. The van der Waals surface area contributed by atoms with Crippen LogP contribution >= 0.6 is 0 Å². The van der Waals surface area contributed by atoms with Crippen molar-refractivity contribution in [3.8, 4) is 0 Å². The lowest BCUT2D eigenvalue weighted by molar-refractivity contribution is -0.0136. The monoisotopic (exact) mass is 510 g/mol. The van der Waals surface area contributed by atoms with Gasteiger partial charge >= 0.3 is 0 Å². The van der Waals surface area contributed by atoms with Crippen molar-refractivity contribution in [3.63, 3.8) is 0 Å². The molecule has 3 heteroatoms. The van der Waals surface area contributed by atoms with Crippen molar-refractivity contribution < 1.29 is 9.47 Å². The van der Waals surface area contributed by atoms with Gasteiger partial charge in [-0.15, -0.1) is 0 Å². The van der Waals surface area contributed by atoms with Gasteiger partial charge in [-0.05, 0) is 38.5 Å². The van der Waals surface area contributed by atoms with E-state index < -0.39 is 0 Å². The number of unbranched alkanes of at least 4 members (excludes halogenated alkanes) is 21. The number of nitrogens with two attached hydrogens (primary N) is 1. The van der Waals surface area contributed by atoms with Crippen LogP contribution in [0.3, 0.4) is 0 Å². The zero-order valence-corrected chi connectivity index (χ0v) is 24.9. The molecule has 216 valence electrons. The zero-order valence-electron chi connectivity index (χ0n) is 24.9. The molecule has 0 aliphatic carbocycles. The predicted octanol–water partition coefficient (Wildman–Crippen LogP) is 10.3. The Morgan fingerprint density at radius 1 is 0.500 bits per heavy atom. The average Bonchev–Trinajstić information content (AvgIpc) is 2.89. The third kappa shape index (κ3) is 29.8. The van der Waals surface area contributed by atoms with Gasteiger partial charge in [0.15, 0.2) is 0 Å². The van der Waals surface area contributed by atoms with Gasteiger partial charge in [-0.1, -0.05) is 142 Å². The van der Waals surface area contributed by atoms with E-state index in [0.717, 1.165) is 19.6 Å². The van der Waals surface area contributed by atoms with Gasteiger partial charge in [0.1, 0.15) is 0 Å². The van der Waals surface area contributed by atoms with Crippen LogP contribution in [0.15, 0.2) is 12.2 Å². The summed E-state index contributed by atoms with van der Waals surface area (Å²) in [6, 6.07) is 0. The Hall–Kier alpha value is -0.380. The standard InChI is InChI=1S/C33H67NO2/c1-3-5-7-9-11-13-15-16-17-18-19-20-22-24-26-28-30-36-33(31-34)32-35-29-27-25-23-21-14-12-10-8-6-4-2/h16-17,33H,3-15,18-32,34H2,1-2H3/b17-16+. The summed E-state index contributed by atoms with van der Waals surface area (Å²) < 4.78 is 11.8. The lowest BCUT2D eigenvalue weighted by Crippen LogP contribution is -2.29. The van der Waals surface area contributed by atoms with Crippen LogP contribution in [0.25, 0.3) is 0 Å². The van der Waals surface area contributed by atoms with Gasteiger partial charge in [-0.25, -0.2) is 0 Å². The molecule has 0 saturated heterocycles. The molecule has 0 aromatic rings. The largest absolute Gasteiger partial charge is 0.379 e. The molecule has 1 unspecified atom stereocenters. The molecule has 1 atom stereocenters. The van der Waals surface area contributed by atoms with Gasteiger partial charge in [-0.3, -0.25) is 0 Å². The summed E-state index contributed by atoms with van der Waals surface area (Å²) in [6.45, 7) is 7.46. The molecule has 0 bridgehead atoms. The van der Waals surface area contributed by atoms with Crippen molar-refractivity contribution in [1.29, 1.82) is 0 Å². The van der Waals surface area contributed by atoms with Gasteiger partial charge < -0.3 is 15.2 Å². The lowest BCUT2D eigenvalue weighted by atomic mass is 10.1. The summed E-state index contributed by atoms with van der Waals surface area (Å²) in [5.41, 5.74) is 5.87. The maximum absolute atomic E-state index is 5.95. The second-order valence-electron chi connectivity index (χ2n) is 10.9. The summed E-state index contributed by atoms with van der Waals surface area (Å²) in [4.78, 5) is 0. The Balaban J connectivity index is 3.30. The average molecular weight is 510 g/mol. The van der Waals surface area contributed by atoms with Crippen LogP contribution in [0.1, 0.15) is 168 Å². The van der Waals surface area contributed by atoms with E-state index in [4.69, 9.17) is 15.2 Å². The molecule has 36 heavy (non-hydrogen) atoms. The van der Waals surface area contributed by atoms with Crippen molar-refractivity contribution in [2.24, 2.45) is 5.73 Å². The topological polar surface area (TPSA) is 44.5 Å². The maximum atomic E-state index is 5.95. The van der Waals surface area contributed by atoms with Crippen LogP contribution in [0.5, 0.6) is 0 Å². The molecule has 3 nitrogen and oxygen atoms in total. The van der Waals surface area contributed by atoms with E-state index in [0.29, 0.717) is 13.2 Å². The van der Waals surface area contributed by atoms with Crippen LogP contribution in [0, 0.1) is 0 Å². The third-order valence-electron chi connectivity index (χ3n) is 7.22. The zero-order chi connectivity index (χ0) is 26.2. The first-order valence-corrected chi connectivity index (χ1v) is 16.4. The molecule has 0 amide bonds. The highest BCUT2D eigenvalue weighted by Crippen LogP contribution is 2.12. The molecule has 0 radical (unpaired) electrons. The molecule has 0 rings (SSSR count). The van der Waals surface area contributed by atoms with Gasteiger partial charge in [0, 0.05) is 19.8 Å². The Labute approximate surface area is 227 Å². The second kappa shape index (κ2) is 32.6. The van der Waals surface area contributed by atoms with E-state index in [1.54, 1.807) is 0 Å². The van der Waals surface area contributed by atoms with Crippen molar-refractivity contribution in [3.05, 3.63) is 12.2 Å². The smallest absolute Gasteiger partial charge is 0.0930 e. The molecule has 0 heterocycles. The number of hydrogen-bond donors (Lipinski definition) is 1. The van der Waals surface area contributed by atoms with Gasteiger partial charge in [0.2, 0.25) is 0 Å². The Kier molecular flexibility index (Phi) is 32.3. The molecular weight excluding hydrogens is 442 g/mol. The van der Waals surface area contributed by atoms with Crippen molar-refractivity contribution in [1.82, 2.24) is 0 Å². The Morgan fingerprint density at radius 2 is 0.889 bits per heavy atom. The fourth-order valence-electron chi connectivity index (χ4n) is 4.69. The molecule has 0 fully saturated rings. The number of allylic oxidation sites excluding steroid dienone is 2. The molecule has 0 aliphatic heterocycles. The minimum atomic E-state index is 0.0660. The quantitative estimate of drug-likeness (QED) is 0.0746. The fraction of sp³-hybridized carbons (Fsp3) is 0.939. The van der Waals surface area contributed by atoms with E-state index in [1.807, 2.05) is 0 Å². The predicted molar refractivity (Wildman–Crippen MR) is 161 cm³/mol. The van der Waals surface area contributed by atoms with Crippen LogP contribution in [0.2, 0.25) is 0 Å². The fourth-order valence-corrected chi connectivity index (χ4v) is 4.69. The van der Waals surface area contributed by atoms with Crippen LogP contribution in [-0.2, 0) is 9.47 Å². The Bertz CT molecular complexity index is 412. The highest BCUT2D eigenvalue weighted by atomic mass is 16.5. The molecule has 0 aromatic heterocycles. The van der Waals surface area contributed by atoms with E-state index in [2.05, 4.69) is 26.0 Å². The van der Waals surface area contributed by atoms with Crippen molar-refractivity contribution in [2.75, 3.05) is 26.4 Å². The number of ether oxygens (including phenoxy) is 2. The summed E-state index contributed by atoms with van der Waals surface area (Å²) in [5.74, 6) is 0. The summed E-state index contributed by atoms with van der Waals surface area (Å²) in [6.07, 6.45) is 37.2. The first-order valence-electron chi connectivity index (χ1n) is 16.4. The lowest BCUT2D eigenvalue weighted by Gasteiger charge is -2.16. The Morgan fingerprint density at radius 3 is 1.33 bits per heavy atom. The van der Waals surface area contributed by atoms with Gasteiger partial charge in [0.25, 0.3) is 0 Å². The van der Waals surface area contributed by atoms with E-state index in [9.17, 15) is 0 Å². The van der Waals surface area contributed by atoms with Crippen molar-refractivity contribution >= 4 is 0 Å². The normalized spacial score (nSPS) is 12.6. The molecule has 0 aliphatic rings. The molecule has 0 saturated carbocycles. The molecular formula is C33H67NO2. The van der Waals surface area contributed by atoms with Gasteiger partial charge in [0.05, 0.1) is 12.7 Å². The molecule has 0 aromatic carbocycles. The van der Waals surface area contributed by atoms with Crippen LogP contribution in [-0.4, -0.2) is 32.5 Å². The SMILES string of the molecule is CCCCCCCC/C=C/CCCCCCCCOC(CN)COCCCCCCCCCCCC. The minimum absolute atomic E-state index is 0.0660. The minimum Gasteiger partial charge on any atom is -0.379 e. The van der Waals surface area contributed by atoms with E-state index >= 15 is 0 Å². The van der Waals surface area contributed by atoms with E-state index in [-0.39, 0.29) is 6.10 Å². The third-order valence-corrected chi connectivity index (χ3v) is 7.22. The highest BCUT2D eigenvalue weighted by Gasteiger charge is 2.06. The van der Waals surface area contributed by atoms with E-state index in [1.165, 1.54) is 148 Å². The second-order valence-corrected chi connectivity index (χ2v) is 10.9. The molecule has 2 N–H and O–H groups in total. The summed E-state index contributed by atoms with van der Waals surface area (Å²) >= 11 is 0. The summed E-state index contributed by atoms with van der Waals surface area (Å²) in [5, 5.41) is 0. The first kappa shape index (κ1) is 35.6. The van der Waals surface area contributed by atoms with Gasteiger partial charge in [-0.2, -0.15) is 0 Å². The summed E-state index contributed by atoms with van der Waals surface area (Å²) in [7, 11) is 0. The maximum Gasteiger partial charge on any atom is 0.0930 e. The number of hydrogen-bond acceptors (Lipinski definition) is 3. The van der Waals surface area contributed by atoms with Crippen LogP contribution in [0.4, 0.5) is 0 Å². The first-order chi connectivity index (χ1) is 17.8.